The van der Waals surface area contributed by atoms with Crippen LogP contribution in [-0.4, -0.2) is 11.6 Å². The van der Waals surface area contributed by atoms with Crippen LogP contribution in [-0.2, 0) is 13.6 Å². The van der Waals surface area contributed by atoms with Gasteiger partial charge in [0, 0.05) is 54.4 Å². The van der Waals surface area contributed by atoms with Crippen LogP contribution in [0.3, 0.4) is 0 Å². The van der Waals surface area contributed by atoms with E-state index in [0.717, 1.165) is 28.9 Å². The molecule has 1 aliphatic carbocycles. The highest BCUT2D eigenvalue weighted by Gasteiger charge is 2.17. The Bertz CT molecular complexity index is 1270. The molecule has 0 spiro atoms. The molecule has 1 aliphatic rings. The van der Waals surface area contributed by atoms with Gasteiger partial charge in [-0.05, 0) is 59.5 Å². The predicted octanol–water partition coefficient (Wildman–Crippen LogP) is 4.12. The quantitative estimate of drug-likeness (QED) is 0.513. The first-order chi connectivity index (χ1) is 14.9. The molecule has 0 fully saturated rings. The number of anilines is 2. The number of nitrogens with zero attached hydrogens (tertiary/aromatic N) is 1. The van der Waals surface area contributed by atoms with Gasteiger partial charge in [-0.25, -0.2) is 0 Å². The van der Waals surface area contributed by atoms with E-state index in [1.54, 1.807) is 0 Å². The number of aromatic nitrogens is 1. The SMILES string of the molecule is C=C(NC)c1cc(CNc2cc(C3C=c4ccn(C)c4=CC3)c(Cl)cc2N)ccc1C. The van der Waals surface area contributed by atoms with E-state index >= 15 is 0 Å². The number of aryl methyl sites for hydroxylation is 2. The molecule has 31 heavy (non-hydrogen) atoms. The summed E-state index contributed by atoms with van der Waals surface area (Å²) in [6, 6.07) is 12.5. The van der Waals surface area contributed by atoms with Gasteiger partial charge in [0.1, 0.15) is 0 Å². The fourth-order valence-electron chi connectivity index (χ4n) is 4.18. The summed E-state index contributed by atoms with van der Waals surface area (Å²) < 4.78 is 2.15. The van der Waals surface area contributed by atoms with Crippen molar-refractivity contribution < 1.29 is 0 Å². The Labute approximate surface area is 188 Å². The Kier molecular flexibility index (Phi) is 5.84. The number of hydrogen-bond acceptors (Lipinski definition) is 3. The maximum Gasteiger partial charge on any atom is 0.0580 e. The van der Waals surface area contributed by atoms with Gasteiger partial charge in [-0.3, -0.25) is 0 Å². The van der Waals surface area contributed by atoms with Crippen LogP contribution < -0.4 is 26.9 Å². The summed E-state index contributed by atoms with van der Waals surface area (Å²) in [6.45, 7) is 6.85. The summed E-state index contributed by atoms with van der Waals surface area (Å²) in [6.07, 6.45) is 7.59. The third-order valence-electron chi connectivity index (χ3n) is 6.08. The molecule has 1 unspecified atom stereocenters. The summed E-state index contributed by atoms with van der Waals surface area (Å²) in [4.78, 5) is 0. The van der Waals surface area contributed by atoms with Crippen LogP contribution in [0.2, 0.25) is 5.02 Å². The summed E-state index contributed by atoms with van der Waals surface area (Å²) in [5.74, 6) is 0.230. The average molecular weight is 433 g/mol. The molecule has 4 nitrogen and oxygen atoms in total. The minimum Gasteiger partial charge on any atom is -0.397 e. The molecule has 5 heteroatoms. The van der Waals surface area contributed by atoms with Crippen molar-refractivity contribution in [3.63, 3.8) is 0 Å². The van der Waals surface area contributed by atoms with Gasteiger partial charge < -0.3 is 20.9 Å². The van der Waals surface area contributed by atoms with Crippen molar-refractivity contribution in [2.24, 2.45) is 7.05 Å². The molecule has 0 aliphatic heterocycles. The van der Waals surface area contributed by atoms with Crippen LogP contribution in [0.5, 0.6) is 0 Å². The highest BCUT2D eigenvalue weighted by atomic mass is 35.5. The van der Waals surface area contributed by atoms with E-state index in [-0.39, 0.29) is 5.92 Å². The van der Waals surface area contributed by atoms with Crippen molar-refractivity contribution in [3.05, 3.63) is 87.0 Å². The summed E-state index contributed by atoms with van der Waals surface area (Å²) in [7, 11) is 3.96. The van der Waals surface area contributed by atoms with Gasteiger partial charge in [-0.15, -0.1) is 0 Å². The highest BCUT2D eigenvalue weighted by Crippen LogP contribution is 2.35. The summed E-state index contributed by atoms with van der Waals surface area (Å²) in [5, 5.41) is 9.85. The maximum absolute atomic E-state index is 6.61. The van der Waals surface area contributed by atoms with Gasteiger partial charge in [0.2, 0.25) is 0 Å². The minimum atomic E-state index is 0.230. The molecule has 1 aromatic heterocycles. The molecule has 0 amide bonds. The molecule has 3 aromatic rings. The van der Waals surface area contributed by atoms with Gasteiger partial charge in [0.25, 0.3) is 0 Å². The van der Waals surface area contributed by atoms with Crippen molar-refractivity contribution >= 4 is 40.8 Å². The zero-order chi connectivity index (χ0) is 22.1. The molecular weight excluding hydrogens is 404 g/mol. The molecule has 4 rings (SSSR count). The van der Waals surface area contributed by atoms with Crippen molar-refractivity contribution in [3.8, 4) is 0 Å². The number of halogens is 1. The lowest BCUT2D eigenvalue weighted by molar-refractivity contribution is 0.855. The fraction of sp³-hybridized carbons (Fsp3) is 0.231. The molecule has 2 aromatic carbocycles. The average Bonchev–Trinajstić information content (AvgIpc) is 3.13. The van der Waals surface area contributed by atoms with Crippen molar-refractivity contribution in [1.29, 1.82) is 0 Å². The molecular formula is C26H29ClN4. The van der Waals surface area contributed by atoms with Crippen LogP contribution in [0.1, 0.15) is 34.6 Å². The zero-order valence-corrected chi connectivity index (χ0v) is 19.1. The molecule has 0 bridgehead atoms. The van der Waals surface area contributed by atoms with E-state index in [0.29, 0.717) is 17.3 Å². The van der Waals surface area contributed by atoms with Crippen LogP contribution in [0, 0.1) is 6.92 Å². The van der Waals surface area contributed by atoms with Gasteiger partial charge >= 0.3 is 0 Å². The first-order valence-corrected chi connectivity index (χ1v) is 10.9. The lowest BCUT2D eigenvalue weighted by Crippen LogP contribution is -2.30. The van der Waals surface area contributed by atoms with Crippen LogP contribution >= 0.6 is 11.6 Å². The number of fused-ring (bicyclic) bond motifs is 1. The number of hydrogen-bond donors (Lipinski definition) is 3. The van der Waals surface area contributed by atoms with Gasteiger partial charge in [0.05, 0.1) is 11.4 Å². The number of rotatable bonds is 6. The lowest BCUT2D eigenvalue weighted by Gasteiger charge is -2.19. The third kappa shape index (κ3) is 4.21. The lowest BCUT2D eigenvalue weighted by atomic mass is 9.91. The monoisotopic (exact) mass is 432 g/mol. The van der Waals surface area contributed by atoms with Crippen molar-refractivity contribution in [2.45, 2.75) is 25.8 Å². The maximum atomic E-state index is 6.61. The molecule has 4 N–H and O–H groups in total. The Balaban J connectivity index is 1.59. The van der Waals surface area contributed by atoms with E-state index in [4.69, 9.17) is 17.3 Å². The van der Waals surface area contributed by atoms with Crippen molar-refractivity contribution in [1.82, 2.24) is 9.88 Å². The van der Waals surface area contributed by atoms with Crippen molar-refractivity contribution in [2.75, 3.05) is 18.1 Å². The Morgan fingerprint density at radius 3 is 2.84 bits per heavy atom. The first-order valence-electron chi connectivity index (χ1n) is 10.5. The number of nitrogens with one attached hydrogen (secondary N) is 2. The second-order valence-corrected chi connectivity index (χ2v) is 8.58. The van der Waals surface area contributed by atoms with E-state index in [1.807, 2.05) is 13.1 Å². The molecule has 0 saturated heterocycles. The van der Waals surface area contributed by atoms with Gasteiger partial charge in [0.15, 0.2) is 0 Å². The molecule has 1 atom stereocenters. The largest absolute Gasteiger partial charge is 0.397 e. The first kappa shape index (κ1) is 21.1. The number of nitrogens with two attached hydrogens (primary N) is 1. The number of nitrogen functional groups attached to an aromatic ring is 1. The van der Waals surface area contributed by atoms with E-state index in [9.17, 15) is 0 Å². The normalized spacial score (nSPS) is 14.9. The smallest absolute Gasteiger partial charge is 0.0580 e. The molecule has 1 heterocycles. The predicted molar refractivity (Wildman–Crippen MR) is 133 cm³/mol. The molecule has 0 saturated carbocycles. The third-order valence-corrected chi connectivity index (χ3v) is 6.41. The van der Waals surface area contributed by atoms with E-state index in [2.05, 4.69) is 84.4 Å². The topological polar surface area (TPSA) is 55.0 Å². The van der Waals surface area contributed by atoms with Crippen LogP contribution in [0.4, 0.5) is 11.4 Å². The zero-order valence-electron chi connectivity index (χ0n) is 18.3. The van der Waals surface area contributed by atoms with Gasteiger partial charge in [-0.1, -0.05) is 42.5 Å². The Morgan fingerprint density at radius 1 is 1.26 bits per heavy atom. The van der Waals surface area contributed by atoms with Gasteiger partial charge in [-0.2, -0.15) is 0 Å². The van der Waals surface area contributed by atoms with E-state index < -0.39 is 0 Å². The summed E-state index contributed by atoms with van der Waals surface area (Å²) in [5.41, 5.74) is 13.3. The second-order valence-electron chi connectivity index (χ2n) is 8.17. The second kappa shape index (κ2) is 8.56. The molecule has 0 radical (unpaired) electrons. The van der Waals surface area contributed by atoms with Crippen LogP contribution in [0.25, 0.3) is 17.8 Å². The van der Waals surface area contributed by atoms with Crippen LogP contribution in [0.15, 0.2) is 49.2 Å². The number of benzene rings is 2. The minimum absolute atomic E-state index is 0.230. The highest BCUT2D eigenvalue weighted by molar-refractivity contribution is 6.32. The summed E-state index contributed by atoms with van der Waals surface area (Å²) >= 11 is 6.61. The Morgan fingerprint density at radius 2 is 2.06 bits per heavy atom. The van der Waals surface area contributed by atoms with E-state index in [1.165, 1.54) is 21.7 Å². The molecule has 160 valence electrons. The fourth-order valence-corrected chi connectivity index (χ4v) is 4.50. The standard InChI is InChI=1S/C26H29ClN4/c1-16-5-6-18(11-21(16)17(2)29-3)15-30-25-13-22(23(27)14-24(25)28)19-7-8-26-20(12-19)9-10-31(26)4/h5-6,8-14,19,29-30H,2,7,15,28H2,1,3-4H3. The Hall–Kier alpha value is -3.11.